The second-order valence-electron chi connectivity index (χ2n) is 14.5. The SMILES string of the molecule is CC(C)[C@H]1CC[C@H](C)C[C@@H]1OP1(=S)OC(c2ccccc2)(c2ccccc2)[C@@H]2OC(C)(C)O[C@H]2C(c2ccccc2)(c2ccccc2)O1. The average Bonchev–Trinajstić information content (AvgIpc) is 3.39. The lowest BCUT2D eigenvalue weighted by molar-refractivity contribution is -0.177. The molecule has 0 N–H and O–H groups in total. The largest absolute Gasteiger partial charge is 0.341 e. The van der Waals surface area contributed by atoms with E-state index in [9.17, 15) is 0 Å². The second kappa shape index (κ2) is 13.2. The number of benzene rings is 4. The van der Waals surface area contributed by atoms with E-state index in [-0.39, 0.29) is 6.10 Å². The Morgan fingerprint density at radius 1 is 0.646 bits per heavy atom. The molecule has 0 amide bonds. The standard InChI is InChI=1S/C41H47O5PS/c1-29(2)35-27-26-30(3)28-36(35)44-47(48)45-40(31-18-10-6-11-19-31,32-20-12-7-13-21-32)37-38(43-39(4,5)42-37)41(46-47,33-22-14-8-15-23-33)34-24-16-9-17-25-34/h6-25,29-30,35-38H,26-28H2,1-5H3/t30-,35+,36-,37+,38+/m0/s1. The van der Waals surface area contributed by atoms with E-state index < -0.39 is 35.9 Å². The first-order valence-electron chi connectivity index (χ1n) is 17.3. The molecule has 4 aromatic carbocycles. The van der Waals surface area contributed by atoms with Gasteiger partial charge in [0.1, 0.15) is 12.2 Å². The monoisotopic (exact) mass is 682 g/mol. The fourth-order valence-electron chi connectivity index (χ4n) is 8.22. The Hall–Kier alpha value is -2.67. The Bertz CT molecular complexity index is 1530. The van der Waals surface area contributed by atoms with E-state index >= 15 is 0 Å². The van der Waals surface area contributed by atoms with Crippen molar-refractivity contribution in [1.29, 1.82) is 0 Å². The minimum Gasteiger partial charge on any atom is -0.341 e. The molecule has 7 rings (SSSR count). The molecule has 0 spiro atoms. The lowest BCUT2D eigenvalue weighted by Gasteiger charge is -2.43. The van der Waals surface area contributed by atoms with Crippen molar-refractivity contribution in [3.05, 3.63) is 144 Å². The first kappa shape index (κ1) is 33.8. The minimum absolute atomic E-state index is 0.121. The van der Waals surface area contributed by atoms with Crippen LogP contribution < -0.4 is 0 Å². The van der Waals surface area contributed by atoms with Crippen LogP contribution >= 0.6 is 6.72 Å². The Balaban J connectivity index is 1.55. The molecule has 2 heterocycles. The van der Waals surface area contributed by atoms with Crippen molar-refractivity contribution in [2.24, 2.45) is 17.8 Å². The third-order valence-electron chi connectivity index (χ3n) is 10.4. The van der Waals surface area contributed by atoms with Gasteiger partial charge in [-0.1, -0.05) is 149 Å². The first-order chi connectivity index (χ1) is 23.1. The molecule has 7 heteroatoms. The zero-order valence-electron chi connectivity index (χ0n) is 28.5. The molecule has 2 aliphatic heterocycles. The molecule has 1 saturated carbocycles. The summed E-state index contributed by atoms with van der Waals surface area (Å²) in [5.41, 5.74) is 1.17. The van der Waals surface area contributed by atoms with Gasteiger partial charge in [-0.25, -0.2) is 0 Å². The summed E-state index contributed by atoms with van der Waals surface area (Å²) in [5.74, 6) is 0.289. The molecule has 1 aliphatic carbocycles. The number of hydrogen-bond donors (Lipinski definition) is 0. The van der Waals surface area contributed by atoms with Gasteiger partial charge >= 0.3 is 6.72 Å². The Labute approximate surface area is 291 Å². The predicted octanol–water partition coefficient (Wildman–Crippen LogP) is 10.1. The van der Waals surface area contributed by atoms with E-state index in [0.717, 1.165) is 35.1 Å². The summed E-state index contributed by atoms with van der Waals surface area (Å²) in [5, 5.41) is 0. The van der Waals surface area contributed by atoms with Crippen LogP contribution in [0.4, 0.5) is 0 Å². The van der Waals surface area contributed by atoms with Crippen LogP contribution in [-0.4, -0.2) is 24.1 Å². The molecule has 0 bridgehead atoms. The van der Waals surface area contributed by atoms with Gasteiger partial charge in [-0.2, -0.15) is 0 Å². The van der Waals surface area contributed by atoms with Crippen molar-refractivity contribution in [1.82, 2.24) is 0 Å². The van der Waals surface area contributed by atoms with Crippen molar-refractivity contribution in [3.8, 4) is 0 Å². The van der Waals surface area contributed by atoms with Gasteiger partial charge in [0.2, 0.25) is 0 Å². The Morgan fingerprint density at radius 2 is 1.02 bits per heavy atom. The number of hydrogen-bond acceptors (Lipinski definition) is 6. The maximum Gasteiger partial charge on any atom is 0.330 e. The highest BCUT2D eigenvalue weighted by Gasteiger charge is 2.68. The Morgan fingerprint density at radius 3 is 1.38 bits per heavy atom. The maximum absolute atomic E-state index is 7.61. The second-order valence-corrected chi connectivity index (χ2v) is 17.3. The average molecular weight is 683 g/mol. The van der Waals surface area contributed by atoms with Crippen molar-refractivity contribution in [2.45, 2.75) is 89.2 Å². The summed E-state index contributed by atoms with van der Waals surface area (Å²) in [7, 11) is 0. The highest BCUT2D eigenvalue weighted by Crippen LogP contribution is 2.70. The van der Waals surface area contributed by atoms with Crippen LogP contribution in [-0.2, 0) is 46.1 Å². The van der Waals surface area contributed by atoms with Gasteiger partial charge in [-0.3, -0.25) is 9.05 Å². The molecule has 5 nitrogen and oxygen atoms in total. The minimum atomic E-state index is -3.66. The van der Waals surface area contributed by atoms with Crippen LogP contribution in [0, 0.1) is 17.8 Å². The van der Waals surface area contributed by atoms with Crippen LogP contribution in [0.3, 0.4) is 0 Å². The van der Waals surface area contributed by atoms with Crippen LogP contribution in [0.2, 0.25) is 0 Å². The highest BCUT2D eigenvalue weighted by atomic mass is 32.5. The summed E-state index contributed by atoms with van der Waals surface area (Å²) in [6.45, 7) is 7.14. The fraction of sp³-hybridized carbons (Fsp3) is 0.415. The molecule has 3 fully saturated rings. The van der Waals surface area contributed by atoms with Gasteiger partial charge in [-0.05, 0) is 78.5 Å². The van der Waals surface area contributed by atoms with Crippen molar-refractivity contribution in [3.63, 3.8) is 0 Å². The molecular weight excluding hydrogens is 635 g/mol. The van der Waals surface area contributed by atoms with Crippen molar-refractivity contribution in [2.75, 3.05) is 0 Å². The molecule has 5 atom stereocenters. The quantitative estimate of drug-likeness (QED) is 0.181. The van der Waals surface area contributed by atoms with Gasteiger partial charge in [0.15, 0.2) is 17.0 Å². The van der Waals surface area contributed by atoms with Crippen LogP contribution in [0.15, 0.2) is 121 Å². The molecule has 0 radical (unpaired) electrons. The molecule has 3 aliphatic rings. The van der Waals surface area contributed by atoms with E-state index in [1.807, 2.05) is 86.6 Å². The van der Waals surface area contributed by atoms with E-state index in [1.54, 1.807) is 0 Å². The lowest BCUT2D eigenvalue weighted by atomic mass is 9.72. The first-order valence-corrected chi connectivity index (χ1v) is 19.9. The van der Waals surface area contributed by atoms with Crippen LogP contribution in [0.25, 0.3) is 0 Å². The lowest BCUT2D eigenvalue weighted by Crippen LogP contribution is -2.53. The third kappa shape index (κ3) is 6.04. The molecule has 2 saturated heterocycles. The van der Waals surface area contributed by atoms with E-state index in [2.05, 4.69) is 69.3 Å². The van der Waals surface area contributed by atoms with Gasteiger partial charge in [0.05, 0.1) is 6.10 Å². The summed E-state index contributed by atoms with van der Waals surface area (Å²) in [6.07, 6.45) is 1.66. The fourth-order valence-corrected chi connectivity index (χ4v) is 11.3. The number of fused-ring (bicyclic) bond motifs is 1. The molecule has 0 aromatic heterocycles. The van der Waals surface area contributed by atoms with E-state index in [1.165, 1.54) is 6.42 Å². The number of ether oxygens (including phenoxy) is 2. The van der Waals surface area contributed by atoms with Gasteiger partial charge in [-0.15, -0.1) is 0 Å². The van der Waals surface area contributed by atoms with Crippen LogP contribution in [0.1, 0.15) is 76.1 Å². The normalized spacial score (nSPS) is 28.8. The van der Waals surface area contributed by atoms with Gasteiger partial charge in [0.25, 0.3) is 0 Å². The smallest absolute Gasteiger partial charge is 0.330 e. The molecule has 48 heavy (non-hydrogen) atoms. The van der Waals surface area contributed by atoms with E-state index in [4.69, 9.17) is 34.9 Å². The topological polar surface area (TPSA) is 46.2 Å². The third-order valence-corrected chi connectivity index (χ3v) is 12.7. The van der Waals surface area contributed by atoms with Crippen molar-refractivity contribution >= 4 is 18.5 Å². The maximum atomic E-state index is 7.61. The van der Waals surface area contributed by atoms with Gasteiger partial charge in [0, 0.05) is 0 Å². The van der Waals surface area contributed by atoms with Gasteiger partial charge < -0.3 is 14.0 Å². The summed E-state index contributed by atoms with van der Waals surface area (Å²) >= 11 is 6.77. The molecular formula is C41H47O5PS. The molecule has 0 unspecified atom stereocenters. The van der Waals surface area contributed by atoms with Crippen LogP contribution in [0.5, 0.6) is 0 Å². The zero-order chi connectivity index (χ0) is 33.6. The predicted molar refractivity (Wildman–Crippen MR) is 194 cm³/mol. The van der Waals surface area contributed by atoms with E-state index in [0.29, 0.717) is 17.8 Å². The zero-order valence-corrected chi connectivity index (χ0v) is 30.2. The highest BCUT2D eigenvalue weighted by molar-refractivity contribution is 8.07. The number of rotatable bonds is 7. The summed E-state index contributed by atoms with van der Waals surface area (Å²) in [6, 6.07) is 41.1. The molecule has 4 aromatic rings. The summed E-state index contributed by atoms with van der Waals surface area (Å²) in [4.78, 5) is 0. The Kier molecular flexibility index (Phi) is 9.32. The van der Waals surface area contributed by atoms with Crippen molar-refractivity contribution < 1.29 is 23.0 Å². The summed E-state index contributed by atoms with van der Waals surface area (Å²) < 4.78 is 36.8. The molecule has 252 valence electrons.